The third-order valence-electron chi connectivity index (χ3n) is 5.79. The van der Waals surface area contributed by atoms with Crippen LogP contribution in [0.1, 0.15) is 22.5 Å². The van der Waals surface area contributed by atoms with Crippen LogP contribution in [0, 0.1) is 5.82 Å². The Hall–Kier alpha value is -3.50. The maximum Gasteiger partial charge on any atom is 0.269 e. The smallest absolute Gasteiger partial charge is 0.269 e. The van der Waals surface area contributed by atoms with Crippen molar-refractivity contribution in [3.05, 3.63) is 64.6 Å². The van der Waals surface area contributed by atoms with Crippen molar-refractivity contribution in [1.29, 1.82) is 0 Å². The fourth-order valence-electron chi connectivity index (χ4n) is 4.06. The van der Waals surface area contributed by atoms with Crippen molar-refractivity contribution in [2.45, 2.75) is 25.6 Å². The van der Waals surface area contributed by atoms with Gasteiger partial charge in [0, 0.05) is 30.1 Å². The molecule has 1 aliphatic rings. The minimum absolute atomic E-state index is 0.0256. The van der Waals surface area contributed by atoms with Crippen LogP contribution in [0.4, 0.5) is 4.39 Å². The molecular weight excluding hydrogens is 463 g/mol. The molecule has 2 heterocycles. The third kappa shape index (κ3) is 5.02. The Morgan fingerprint density at radius 3 is 2.76 bits per heavy atom. The van der Waals surface area contributed by atoms with E-state index < -0.39 is 17.6 Å². The highest BCUT2D eigenvalue weighted by Gasteiger charge is 2.29. The van der Waals surface area contributed by atoms with Crippen molar-refractivity contribution in [3.63, 3.8) is 0 Å². The lowest BCUT2D eigenvalue weighted by atomic mass is 10.2. The van der Waals surface area contributed by atoms with Gasteiger partial charge in [0.25, 0.3) is 5.91 Å². The van der Waals surface area contributed by atoms with Crippen LogP contribution in [0.2, 0.25) is 5.02 Å². The van der Waals surface area contributed by atoms with E-state index in [9.17, 15) is 18.8 Å². The average molecular weight is 487 g/mol. The molecule has 34 heavy (non-hydrogen) atoms. The molecule has 1 atom stereocenters. The van der Waals surface area contributed by atoms with Crippen LogP contribution in [-0.2, 0) is 22.7 Å². The van der Waals surface area contributed by atoms with Gasteiger partial charge in [-0.15, -0.1) is 0 Å². The number of nitrogens with one attached hydrogen (secondary N) is 2. The second-order valence-electron chi connectivity index (χ2n) is 8.05. The molecule has 1 fully saturated rings. The molecule has 178 valence electrons. The number of para-hydroxylation sites is 1. The second-order valence-corrected chi connectivity index (χ2v) is 8.45. The van der Waals surface area contributed by atoms with Crippen LogP contribution >= 0.6 is 11.6 Å². The summed E-state index contributed by atoms with van der Waals surface area (Å²) < 4.78 is 15.5. The molecule has 1 unspecified atom stereocenters. The summed E-state index contributed by atoms with van der Waals surface area (Å²) in [6.07, 6.45) is 0.689. The first-order chi connectivity index (χ1) is 16.3. The number of halogens is 2. The Morgan fingerprint density at radius 2 is 2.03 bits per heavy atom. The highest BCUT2D eigenvalue weighted by atomic mass is 35.5. The molecule has 0 aliphatic carbocycles. The standard InChI is InChI=1S/C23H24ClFN6O3/c24-17-6-3-4-14(21(17)25)10-28-19(32)12-30(15-8-9-27-11-15)20(33)13-31-18-7-2-1-5-16(18)22(29-31)23(26)34/h1-7,15,27H,8-13H2,(H2,26,34)(H,28,32). The molecule has 11 heteroatoms. The van der Waals surface area contributed by atoms with Crippen LogP contribution in [-0.4, -0.2) is 58.1 Å². The number of benzene rings is 2. The Bertz CT molecular complexity index is 1240. The number of fused-ring (bicyclic) bond motifs is 1. The number of carbonyl (C=O) groups excluding carboxylic acids is 3. The Balaban J connectivity index is 1.50. The lowest BCUT2D eigenvalue weighted by Gasteiger charge is -2.28. The number of hydrogen-bond donors (Lipinski definition) is 3. The fraction of sp³-hybridized carbons (Fsp3) is 0.304. The lowest BCUT2D eigenvalue weighted by Crippen LogP contribution is -2.48. The lowest BCUT2D eigenvalue weighted by molar-refractivity contribution is -0.138. The van der Waals surface area contributed by atoms with Crippen molar-refractivity contribution in [2.75, 3.05) is 19.6 Å². The van der Waals surface area contributed by atoms with E-state index in [1.165, 1.54) is 21.7 Å². The average Bonchev–Trinajstić information content (AvgIpc) is 3.47. The van der Waals surface area contributed by atoms with E-state index in [0.29, 0.717) is 23.9 Å². The van der Waals surface area contributed by atoms with Crippen molar-refractivity contribution < 1.29 is 18.8 Å². The van der Waals surface area contributed by atoms with Crippen LogP contribution in [0.25, 0.3) is 10.9 Å². The normalized spacial score (nSPS) is 15.4. The minimum Gasteiger partial charge on any atom is -0.364 e. The molecule has 4 rings (SSSR count). The van der Waals surface area contributed by atoms with Crippen LogP contribution in [0.15, 0.2) is 42.5 Å². The molecule has 1 aliphatic heterocycles. The van der Waals surface area contributed by atoms with Gasteiger partial charge in [0.15, 0.2) is 5.69 Å². The second kappa shape index (κ2) is 10.2. The van der Waals surface area contributed by atoms with Crippen molar-refractivity contribution in [3.8, 4) is 0 Å². The topological polar surface area (TPSA) is 122 Å². The SMILES string of the molecule is NC(=O)c1nn(CC(=O)N(CC(=O)NCc2cccc(Cl)c2F)C2CCNC2)c2ccccc12. The number of aromatic nitrogens is 2. The molecule has 9 nitrogen and oxygen atoms in total. The summed E-state index contributed by atoms with van der Waals surface area (Å²) in [5.74, 6) is -2.04. The molecule has 1 saturated heterocycles. The van der Waals surface area contributed by atoms with Gasteiger partial charge in [-0.1, -0.05) is 41.9 Å². The van der Waals surface area contributed by atoms with Gasteiger partial charge in [0.1, 0.15) is 12.4 Å². The van der Waals surface area contributed by atoms with Crippen LogP contribution in [0.3, 0.4) is 0 Å². The molecule has 0 spiro atoms. The van der Waals surface area contributed by atoms with Crippen LogP contribution < -0.4 is 16.4 Å². The maximum atomic E-state index is 14.1. The van der Waals surface area contributed by atoms with Gasteiger partial charge < -0.3 is 21.3 Å². The number of amides is 3. The molecule has 4 N–H and O–H groups in total. The molecular formula is C23H24ClFN6O3. The van der Waals surface area contributed by atoms with E-state index >= 15 is 0 Å². The minimum atomic E-state index is -0.688. The monoisotopic (exact) mass is 486 g/mol. The van der Waals surface area contributed by atoms with Crippen molar-refractivity contribution >= 4 is 40.2 Å². The molecule has 0 radical (unpaired) electrons. The Morgan fingerprint density at radius 1 is 1.24 bits per heavy atom. The number of hydrogen-bond acceptors (Lipinski definition) is 5. The molecule has 1 aromatic heterocycles. The number of rotatable bonds is 8. The predicted molar refractivity (Wildman–Crippen MR) is 124 cm³/mol. The summed E-state index contributed by atoms with van der Waals surface area (Å²) in [7, 11) is 0. The van der Waals surface area contributed by atoms with Gasteiger partial charge in [-0.25, -0.2) is 4.39 Å². The highest BCUT2D eigenvalue weighted by Crippen LogP contribution is 2.20. The zero-order valence-electron chi connectivity index (χ0n) is 18.3. The summed E-state index contributed by atoms with van der Waals surface area (Å²) in [6.45, 7) is 0.853. The van der Waals surface area contributed by atoms with E-state index in [4.69, 9.17) is 17.3 Å². The van der Waals surface area contributed by atoms with E-state index in [1.807, 2.05) is 0 Å². The molecule has 3 aromatic rings. The van der Waals surface area contributed by atoms with E-state index in [0.717, 1.165) is 6.54 Å². The molecule has 0 bridgehead atoms. The first-order valence-corrected chi connectivity index (χ1v) is 11.2. The van der Waals surface area contributed by atoms with Gasteiger partial charge >= 0.3 is 0 Å². The summed E-state index contributed by atoms with van der Waals surface area (Å²) in [5, 5.41) is 10.6. The van der Waals surface area contributed by atoms with Gasteiger partial charge in [0.05, 0.1) is 17.1 Å². The summed E-state index contributed by atoms with van der Waals surface area (Å²) >= 11 is 5.80. The largest absolute Gasteiger partial charge is 0.364 e. The zero-order chi connectivity index (χ0) is 24.2. The first-order valence-electron chi connectivity index (χ1n) is 10.8. The number of carbonyl (C=O) groups is 3. The van der Waals surface area contributed by atoms with Gasteiger partial charge in [-0.05, 0) is 25.1 Å². The molecule has 0 saturated carbocycles. The first kappa shape index (κ1) is 23.7. The van der Waals surface area contributed by atoms with E-state index in [1.54, 1.807) is 30.3 Å². The number of primary amides is 1. The molecule has 3 amide bonds. The van der Waals surface area contributed by atoms with E-state index in [2.05, 4.69) is 15.7 Å². The quantitative estimate of drug-likeness (QED) is 0.444. The predicted octanol–water partition coefficient (Wildman–Crippen LogP) is 1.43. The summed E-state index contributed by atoms with van der Waals surface area (Å²) in [6, 6.07) is 11.4. The van der Waals surface area contributed by atoms with E-state index in [-0.39, 0.29) is 47.9 Å². The Kier molecular flexibility index (Phi) is 7.09. The number of nitrogens with two attached hydrogens (primary N) is 1. The number of nitrogens with zero attached hydrogens (tertiary/aromatic N) is 3. The molecule has 2 aromatic carbocycles. The van der Waals surface area contributed by atoms with Crippen LogP contribution in [0.5, 0.6) is 0 Å². The fourth-order valence-corrected chi connectivity index (χ4v) is 4.26. The Labute approximate surface area is 200 Å². The highest BCUT2D eigenvalue weighted by molar-refractivity contribution is 6.30. The van der Waals surface area contributed by atoms with Gasteiger partial charge in [0.2, 0.25) is 11.8 Å². The van der Waals surface area contributed by atoms with Gasteiger partial charge in [-0.3, -0.25) is 19.1 Å². The van der Waals surface area contributed by atoms with Crippen molar-refractivity contribution in [2.24, 2.45) is 5.73 Å². The third-order valence-corrected chi connectivity index (χ3v) is 6.09. The zero-order valence-corrected chi connectivity index (χ0v) is 19.0. The van der Waals surface area contributed by atoms with Crippen molar-refractivity contribution in [1.82, 2.24) is 25.3 Å². The summed E-state index contributed by atoms with van der Waals surface area (Å²) in [5.41, 5.74) is 6.37. The summed E-state index contributed by atoms with van der Waals surface area (Å²) in [4.78, 5) is 39.3. The van der Waals surface area contributed by atoms with Gasteiger partial charge in [-0.2, -0.15) is 5.10 Å². The maximum absolute atomic E-state index is 14.1.